The number of rotatable bonds is 2. The number of ether oxygens (including phenoxy) is 1. The zero-order valence-electron chi connectivity index (χ0n) is 11.4. The van der Waals surface area contributed by atoms with Gasteiger partial charge < -0.3 is 4.74 Å². The Morgan fingerprint density at radius 2 is 2.16 bits per heavy atom. The number of hydrogen-bond acceptors (Lipinski definition) is 3. The second-order valence-corrected chi connectivity index (χ2v) is 5.71. The molecule has 104 valence electrons. The molecule has 0 aromatic heterocycles. The van der Waals surface area contributed by atoms with E-state index in [1.165, 1.54) is 6.07 Å². The predicted octanol–water partition coefficient (Wildman–Crippen LogP) is 2.84. The molecule has 1 aliphatic carbocycles. The lowest BCUT2D eigenvalue weighted by atomic mass is 10.1. The predicted molar refractivity (Wildman–Crippen MR) is 70.0 cm³/mol. The average Bonchev–Trinajstić information content (AvgIpc) is 2.66. The maximum atomic E-state index is 13.1. The summed E-state index contributed by atoms with van der Waals surface area (Å²) in [6.07, 6.45) is 1.12. The van der Waals surface area contributed by atoms with Gasteiger partial charge in [0.1, 0.15) is 11.4 Å². The molecule has 1 aromatic rings. The fourth-order valence-corrected chi connectivity index (χ4v) is 2.19. The molecule has 0 aliphatic heterocycles. The second kappa shape index (κ2) is 5.17. The fourth-order valence-electron chi connectivity index (χ4n) is 2.19. The number of hydrazine groups is 1. The summed E-state index contributed by atoms with van der Waals surface area (Å²) < 4.78 is 18.2. The van der Waals surface area contributed by atoms with Gasteiger partial charge >= 0.3 is 6.09 Å². The van der Waals surface area contributed by atoms with E-state index in [9.17, 15) is 9.18 Å². The first-order chi connectivity index (χ1) is 8.85. The number of carbonyl (C=O) groups is 1. The van der Waals surface area contributed by atoms with Crippen LogP contribution in [0.2, 0.25) is 0 Å². The van der Waals surface area contributed by atoms with Crippen LogP contribution in [0.4, 0.5) is 9.18 Å². The third-order valence-electron chi connectivity index (χ3n) is 2.93. The molecule has 19 heavy (non-hydrogen) atoms. The Balaban J connectivity index is 1.91. The van der Waals surface area contributed by atoms with Gasteiger partial charge in [0.25, 0.3) is 0 Å². The van der Waals surface area contributed by atoms with Crippen LogP contribution < -0.4 is 10.9 Å². The molecule has 2 rings (SSSR count). The number of hydrogen-bond donors (Lipinski definition) is 2. The minimum atomic E-state index is -0.525. The molecule has 1 unspecified atom stereocenters. The van der Waals surface area contributed by atoms with Crippen LogP contribution in [0.3, 0.4) is 0 Å². The quantitative estimate of drug-likeness (QED) is 0.809. The second-order valence-electron chi connectivity index (χ2n) is 5.71. The Kier molecular flexibility index (Phi) is 3.75. The summed E-state index contributed by atoms with van der Waals surface area (Å²) in [5, 5.41) is 0. The number of halogens is 1. The molecular formula is C14H19FN2O2. The van der Waals surface area contributed by atoms with Crippen LogP contribution in [0.1, 0.15) is 44.4 Å². The lowest BCUT2D eigenvalue weighted by molar-refractivity contribution is 0.0487. The first-order valence-corrected chi connectivity index (χ1v) is 6.38. The monoisotopic (exact) mass is 266 g/mol. The van der Waals surface area contributed by atoms with Gasteiger partial charge in [0.2, 0.25) is 0 Å². The fraction of sp³-hybridized carbons (Fsp3) is 0.500. The van der Waals surface area contributed by atoms with E-state index >= 15 is 0 Å². The lowest BCUT2D eigenvalue weighted by Gasteiger charge is -2.21. The third-order valence-corrected chi connectivity index (χ3v) is 2.93. The number of nitrogens with one attached hydrogen (secondary N) is 2. The normalized spacial score (nSPS) is 18.0. The van der Waals surface area contributed by atoms with Crippen LogP contribution in [-0.2, 0) is 11.2 Å². The highest BCUT2D eigenvalue weighted by molar-refractivity contribution is 5.67. The molecule has 0 saturated carbocycles. The molecule has 0 fully saturated rings. The van der Waals surface area contributed by atoms with Crippen molar-refractivity contribution >= 4 is 6.09 Å². The van der Waals surface area contributed by atoms with Gasteiger partial charge in [-0.05, 0) is 56.9 Å². The molecule has 5 heteroatoms. The minimum absolute atomic E-state index is 0.00289. The van der Waals surface area contributed by atoms with E-state index in [0.29, 0.717) is 0 Å². The number of amides is 1. The van der Waals surface area contributed by atoms with Crippen LogP contribution in [-0.4, -0.2) is 11.7 Å². The molecule has 1 aromatic carbocycles. The molecule has 0 radical (unpaired) electrons. The number of aryl methyl sites for hydroxylation is 1. The first kappa shape index (κ1) is 13.8. The number of benzene rings is 1. The molecular weight excluding hydrogens is 247 g/mol. The average molecular weight is 266 g/mol. The van der Waals surface area contributed by atoms with Crippen molar-refractivity contribution in [2.45, 2.75) is 45.3 Å². The molecule has 0 spiro atoms. The maximum Gasteiger partial charge on any atom is 0.422 e. The van der Waals surface area contributed by atoms with Crippen LogP contribution in [0, 0.1) is 5.82 Å². The summed E-state index contributed by atoms with van der Waals surface area (Å²) in [6, 6.07) is 4.74. The lowest BCUT2D eigenvalue weighted by Crippen LogP contribution is -2.42. The van der Waals surface area contributed by atoms with E-state index in [-0.39, 0.29) is 11.9 Å². The van der Waals surface area contributed by atoms with E-state index in [1.807, 2.05) is 0 Å². The summed E-state index contributed by atoms with van der Waals surface area (Å²) >= 11 is 0. The van der Waals surface area contributed by atoms with Crippen LogP contribution >= 0.6 is 0 Å². The molecule has 1 aliphatic rings. The number of fused-ring (bicyclic) bond motifs is 1. The van der Waals surface area contributed by atoms with Crippen LogP contribution in [0.15, 0.2) is 18.2 Å². The summed E-state index contributed by atoms with van der Waals surface area (Å²) in [4.78, 5) is 11.5. The highest BCUT2D eigenvalue weighted by Gasteiger charge is 2.24. The van der Waals surface area contributed by atoms with Crippen LogP contribution in [0.5, 0.6) is 0 Å². The largest absolute Gasteiger partial charge is 0.443 e. The number of carbonyl (C=O) groups excluding carboxylic acids is 1. The molecule has 0 saturated heterocycles. The highest BCUT2D eigenvalue weighted by atomic mass is 19.1. The van der Waals surface area contributed by atoms with Crippen molar-refractivity contribution in [1.82, 2.24) is 10.9 Å². The molecule has 0 heterocycles. The third kappa shape index (κ3) is 3.67. The van der Waals surface area contributed by atoms with E-state index in [0.717, 1.165) is 24.0 Å². The Bertz CT molecular complexity index is 483. The van der Waals surface area contributed by atoms with Crippen molar-refractivity contribution in [2.75, 3.05) is 0 Å². The van der Waals surface area contributed by atoms with E-state index in [4.69, 9.17) is 4.74 Å². The standard InChI is InChI=1S/C14H19FN2O2/c1-14(2,3)19-13(18)17-16-12-7-4-9-8-10(15)5-6-11(9)12/h5-6,8,12,16H,4,7H2,1-3H3,(H,17,18). The zero-order valence-corrected chi connectivity index (χ0v) is 11.4. The smallest absolute Gasteiger partial charge is 0.422 e. The SMILES string of the molecule is CC(C)(C)OC(=O)NNC1CCc2cc(F)ccc21. The Labute approximate surface area is 112 Å². The van der Waals surface area contributed by atoms with Crippen molar-refractivity contribution in [3.05, 3.63) is 35.1 Å². The van der Waals surface area contributed by atoms with Gasteiger partial charge in [0.15, 0.2) is 0 Å². The molecule has 4 nitrogen and oxygen atoms in total. The van der Waals surface area contributed by atoms with Gasteiger partial charge in [-0.15, -0.1) is 0 Å². The van der Waals surface area contributed by atoms with Gasteiger partial charge in [-0.25, -0.2) is 14.6 Å². The highest BCUT2D eigenvalue weighted by Crippen LogP contribution is 2.30. The molecule has 2 N–H and O–H groups in total. The summed E-state index contributed by atoms with van der Waals surface area (Å²) in [5.74, 6) is -0.223. The van der Waals surface area contributed by atoms with Crippen LogP contribution in [0.25, 0.3) is 0 Å². The Morgan fingerprint density at radius 3 is 2.84 bits per heavy atom. The summed E-state index contributed by atoms with van der Waals surface area (Å²) in [7, 11) is 0. The maximum absolute atomic E-state index is 13.1. The van der Waals surface area contributed by atoms with E-state index < -0.39 is 11.7 Å². The topological polar surface area (TPSA) is 50.4 Å². The van der Waals surface area contributed by atoms with Gasteiger partial charge in [-0.1, -0.05) is 6.07 Å². The molecule has 1 amide bonds. The molecule has 0 bridgehead atoms. The van der Waals surface area contributed by atoms with Gasteiger partial charge in [0.05, 0.1) is 6.04 Å². The van der Waals surface area contributed by atoms with E-state index in [1.54, 1.807) is 32.9 Å². The van der Waals surface area contributed by atoms with Crippen molar-refractivity contribution in [3.63, 3.8) is 0 Å². The van der Waals surface area contributed by atoms with Gasteiger partial charge in [0, 0.05) is 0 Å². The van der Waals surface area contributed by atoms with Crippen molar-refractivity contribution in [3.8, 4) is 0 Å². The Morgan fingerprint density at radius 1 is 1.42 bits per heavy atom. The van der Waals surface area contributed by atoms with Crippen molar-refractivity contribution in [2.24, 2.45) is 0 Å². The zero-order chi connectivity index (χ0) is 14.0. The first-order valence-electron chi connectivity index (χ1n) is 6.38. The van der Waals surface area contributed by atoms with E-state index in [2.05, 4.69) is 10.9 Å². The van der Waals surface area contributed by atoms with Gasteiger partial charge in [-0.3, -0.25) is 5.43 Å². The van der Waals surface area contributed by atoms with Crippen molar-refractivity contribution in [1.29, 1.82) is 0 Å². The Hall–Kier alpha value is -1.62. The molecule has 1 atom stereocenters. The van der Waals surface area contributed by atoms with Gasteiger partial charge in [-0.2, -0.15) is 0 Å². The minimum Gasteiger partial charge on any atom is -0.443 e. The summed E-state index contributed by atoms with van der Waals surface area (Å²) in [6.45, 7) is 5.42. The van der Waals surface area contributed by atoms with Crippen molar-refractivity contribution < 1.29 is 13.9 Å². The summed E-state index contributed by atoms with van der Waals surface area (Å²) in [5.41, 5.74) is 6.95.